The van der Waals surface area contributed by atoms with Crippen molar-refractivity contribution >= 4 is 5.91 Å². The first-order chi connectivity index (χ1) is 12.6. The first kappa shape index (κ1) is 17.7. The zero-order valence-corrected chi connectivity index (χ0v) is 15.3. The lowest BCUT2D eigenvalue weighted by molar-refractivity contribution is 0.0803. The van der Waals surface area contributed by atoms with E-state index in [1.807, 2.05) is 72.4 Å². The SMILES string of the molecule is CCN(C)C(=O)c1cn(Cc2ccccc2)nc1-c1ccc(OC)cc1. The zero-order chi connectivity index (χ0) is 18.5. The fraction of sp³-hybridized carbons (Fsp3) is 0.238. The number of hydrogen-bond donors (Lipinski definition) is 0. The van der Waals surface area contributed by atoms with E-state index in [1.165, 1.54) is 0 Å². The Kier molecular flexibility index (Phi) is 5.37. The molecule has 1 aromatic heterocycles. The maximum atomic E-state index is 12.8. The van der Waals surface area contributed by atoms with Gasteiger partial charge in [-0.3, -0.25) is 9.48 Å². The highest BCUT2D eigenvalue weighted by Crippen LogP contribution is 2.25. The summed E-state index contributed by atoms with van der Waals surface area (Å²) in [5.41, 5.74) is 3.33. The minimum absolute atomic E-state index is 0.0300. The van der Waals surface area contributed by atoms with E-state index in [1.54, 1.807) is 19.1 Å². The summed E-state index contributed by atoms with van der Waals surface area (Å²) in [6, 6.07) is 17.7. The average molecular weight is 349 g/mol. The van der Waals surface area contributed by atoms with Gasteiger partial charge in [0.15, 0.2) is 0 Å². The Balaban J connectivity index is 2.00. The Morgan fingerprint density at radius 3 is 2.42 bits per heavy atom. The van der Waals surface area contributed by atoms with Gasteiger partial charge in [-0.05, 0) is 36.8 Å². The van der Waals surface area contributed by atoms with Crippen LogP contribution in [-0.4, -0.2) is 41.3 Å². The van der Waals surface area contributed by atoms with Gasteiger partial charge < -0.3 is 9.64 Å². The highest BCUT2D eigenvalue weighted by atomic mass is 16.5. The molecule has 5 nitrogen and oxygen atoms in total. The van der Waals surface area contributed by atoms with Crippen LogP contribution in [0.4, 0.5) is 0 Å². The Morgan fingerprint density at radius 2 is 1.81 bits per heavy atom. The van der Waals surface area contributed by atoms with E-state index in [2.05, 4.69) is 0 Å². The van der Waals surface area contributed by atoms with Gasteiger partial charge in [-0.15, -0.1) is 0 Å². The zero-order valence-electron chi connectivity index (χ0n) is 15.3. The molecule has 3 aromatic rings. The second-order valence-corrected chi connectivity index (χ2v) is 6.12. The van der Waals surface area contributed by atoms with E-state index in [9.17, 15) is 4.79 Å². The summed E-state index contributed by atoms with van der Waals surface area (Å²) in [5, 5.41) is 4.70. The standard InChI is InChI=1S/C21H23N3O2/c1-4-23(2)21(25)19-15-24(14-16-8-6-5-7-9-16)22-20(19)17-10-12-18(26-3)13-11-17/h5-13,15H,4,14H2,1-3H3. The largest absolute Gasteiger partial charge is 0.497 e. The van der Waals surface area contributed by atoms with Crippen molar-refractivity contribution in [3.05, 3.63) is 71.9 Å². The third-order valence-electron chi connectivity index (χ3n) is 4.36. The summed E-state index contributed by atoms with van der Waals surface area (Å²) < 4.78 is 7.05. The van der Waals surface area contributed by atoms with Gasteiger partial charge in [0.25, 0.3) is 5.91 Å². The fourth-order valence-corrected chi connectivity index (χ4v) is 2.74. The third kappa shape index (κ3) is 3.77. The second-order valence-electron chi connectivity index (χ2n) is 6.12. The molecule has 26 heavy (non-hydrogen) atoms. The molecule has 0 aliphatic rings. The van der Waals surface area contributed by atoms with Crippen LogP contribution in [0.1, 0.15) is 22.8 Å². The van der Waals surface area contributed by atoms with Gasteiger partial charge in [0.1, 0.15) is 11.4 Å². The van der Waals surface area contributed by atoms with Crippen LogP contribution in [0.5, 0.6) is 5.75 Å². The average Bonchev–Trinajstić information content (AvgIpc) is 3.11. The van der Waals surface area contributed by atoms with Gasteiger partial charge in [-0.1, -0.05) is 30.3 Å². The molecular weight excluding hydrogens is 326 g/mol. The van der Waals surface area contributed by atoms with Crippen molar-refractivity contribution < 1.29 is 9.53 Å². The number of aromatic nitrogens is 2. The number of methoxy groups -OCH3 is 1. The molecule has 3 rings (SSSR count). The fourth-order valence-electron chi connectivity index (χ4n) is 2.74. The minimum Gasteiger partial charge on any atom is -0.497 e. The highest BCUT2D eigenvalue weighted by molar-refractivity contribution is 5.99. The molecular formula is C21H23N3O2. The number of ether oxygens (including phenoxy) is 1. The van der Waals surface area contributed by atoms with E-state index in [0.29, 0.717) is 24.3 Å². The van der Waals surface area contributed by atoms with Crippen molar-refractivity contribution in [1.29, 1.82) is 0 Å². The summed E-state index contributed by atoms with van der Waals surface area (Å²) in [6.45, 7) is 3.22. The lowest BCUT2D eigenvalue weighted by Crippen LogP contribution is -2.26. The van der Waals surface area contributed by atoms with Crippen LogP contribution >= 0.6 is 0 Å². The van der Waals surface area contributed by atoms with E-state index in [-0.39, 0.29) is 5.91 Å². The number of amides is 1. The summed E-state index contributed by atoms with van der Waals surface area (Å²) in [7, 11) is 3.43. The number of carbonyl (C=O) groups excluding carboxylic acids is 1. The monoisotopic (exact) mass is 349 g/mol. The number of carbonyl (C=O) groups is 1. The van der Waals surface area contributed by atoms with E-state index >= 15 is 0 Å². The summed E-state index contributed by atoms with van der Waals surface area (Å²) >= 11 is 0. The molecule has 0 saturated heterocycles. The van der Waals surface area contributed by atoms with Crippen LogP contribution in [-0.2, 0) is 6.54 Å². The van der Waals surface area contributed by atoms with Gasteiger partial charge in [-0.25, -0.2) is 0 Å². The van der Waals surface area contributed by atoms with Crippen LogP contribution in [0.15, 0.2) is 60.8 Å². The number of nitrogens with zero attached hydrogens (tertiary/aromatic N) is 3. The number of rotatable bonds is 6. The molecule has 0 radical (unpaired) electrons. The molecule has 0 fully saturated rings. The van der Waals surface area contributed by atoms with Crippen LogP contribution in [0, 0.1) is 0 Å². The Morgan fingerprint density at radius 1 is 1.12 bits per heavy atom. The number of hydrogen-bond acceptors (Lipinski definition) is 3. The van der Waals surface area contributed by atoms with Crippen LogP contribution in [0.25, 0.3) is 11.3 Å². The lowest BCUT2D eigenvalue weighted by atomic mass is 10.1. The van der Waals surface area contributed by atoms with Crippen LogP contribution < -0.4 is 4.74 Å². The quantitative estimate of drug-likeness (QED) is 0.682. The highest BCUT2D eigenvalue weighted by Gasteiger charge is 2.20. The second kappa shape index (κ2) is 7.87. The van der Waals surface area contributed by atoms with Gasteiger partial charge in [-0.2, -0.15) is 5.10 Å². The molecule has 134 valence electrons. The molecule has 0 N–H and O–H groups in total. The molecule has 5 heteroatoms. The normalized spacial score (nSPS) is 10.6. The maximum Gasteiger partial charge on any atom is 0.257 e. The molecule has 0 aliphatic carbocycles. The third-order valence-corrected chi connectivity index (χ3v) is 4.36. The van der Waals surface area contributed by atoms with E-state index in [4.69, 9.17) is 9.84 Å². The first-order valence-corrected chi connectivity index (χ1v) is 8.63. The predicted molar refractivity (Wildman–Crippen MR) is 102 cm³/mol. The molecule has 0 bridgehead atoms. The molecule has 0 aliphatic heterocycles. The predicted octanol–water partition coefficient (Wildman–Crippen LogP) is 3.70. The molecule has 0 saturated carbocycles. The Labute approximate surface area is 153 Å². The van der Waals surface area contributed by atoms with Crippen molar-refractivity contribution in [2.24, 2.45) is 0 Å². The van der Waals surface area contributed by atoms with Crippen molar-refractivity contribution in [3.63, 3.8) is 0 Å². The Bertz CT molecular complexity index is 870. The van der Waals surface area contributed by atoms with Crippen molar-refractivity contribution in [3.8, 4) is 17.0 Å². The van der Waals surface area contributed by atoms with E-state index in [0.717, 1.165) is 16.9 Å². The molecule has 2 aromatic carbocycles. The molecule has 1 heterocycles. The topological polar surface area (TPSA) is 47.4 Å². The van der Waals surface area contributed by atoms with Gasteiger partial charge in [0, 0.05) is 25.4 Å². The van der Waals surface area contributed by atoms with Gasteiger partial charge >= 0.3 is 0 Å². The summed E-state index contributed by atoms with van der Waals surface area (Å²) in [5.74, 6) is 0.744. The van der Waals surface area contributed by atoms with Crippen LogP contribution in [0.3, 0.4) is 0 Å². The summed E-state index contributed by atoms with van der Waals surface area (Å²) in [4.78, 5) is 14.5. The minimum atomic E-state index is -0.0300. The first-order valence-electron chi connectivity index (χ1n) is 8.63. The molecule has 1 amide bonds. The summed E-state index contributed by atoms with van der Waals surface area (Å²) in [6.07, 6.45) is 1.83. The molecule has 0 unspecified atom stereocenters. The van der Waals surface area contributed by atoms with Crippen molar-refractivity contribution in [2.45, 2.75) is 13.5 Å². The smallest absolute Gasteiger partial charge is 0.257 e. The van der Waals surface area contributed by atoms with Crippen LogP contribution in [0.2, 0.25) is 0 Å². The van der Waals surface area contributed by atoms with Gasteiger partial charge in [0.05, 0.1) is 19.2 Å². The molecule has 0 atom stereocenters. The van der Waals surface area contributed by atoms with E-state index < -0.39 is 0 Å². The van der Waals surface area contributed by atoms with Crippen molar-refractivity contribution in [1.82, 2.24) is 14.7 Å². The molecule has 0 spiro atoms. The lowest BCUT2D eigenvalue weighted by Gasteiger charge is -2.14. The number of benzene rings is 2. The maximum absolute atomic E-state index is 12.8. The van der Waals surface area contributed by atoms with Gasteiger partial charge in [0.2, 0.25) is 0 Å². The Hall–Kier alpha value is -3.08. The van der Waals surface area contributed by atoms with Crippen molar-refractivity contribution in [2.75, 3.05) is 20.7 Å².